The normalized spacial score (nSPS) is 9.00. The molecule has 5 heteroatoms. The van der Waals surface area contributed by atoms with E-state index in [0.29, 0.717) is 0 Å². The molecule has 0 saturated carbocycles. The van der Waals surface area contributed by atoms with Crippen molar-refractivity contribution in [3.8, 4) is 6.07 Å². The zero-order valence-electron chi connectivity index (χ0n) is 5.91. The Hall–Kier alpha value is -1.47. The highest BCUT2D eigenvalue weighted by Crippen LogP contribution is 2.17. The van der Waals surface area contributed by atoms with Crippen molar-refractivity contribution < 1.29 is 13.9 Å². The maximum absolute atomic E-state index is 10.9. The first-order valence-electron chi connectivity index (χ1n) is 3.02. The van der Waals surface area contributed by atoms with Gasteiger partial charge in [-0.15, -0.1) is 0 Å². The molecule has 62 valence electrons. The number of ether oxygens (including phenoxy) is 1. The van der Waals surface area contributed by atoms with Crippen LogP contribution in [0.1, 0.15) is 10.6 Å². The first kappa shape index (κ1) is 8.62. The van der Waals surface area contributed by atoms with Crippen molar-refractivity contribution in [1.82, 2.24) is 0 Å². The number of carbonyl (C=O) groups excluding carboxylic acids is 1. The van der Waals surface area contributed by atoms with Crippen LogP contribution in [0.25, 0.3) is 0 Å². The highest BCUT2D eigenvalue weighted by Gasteiger charge is 2.14. The Morgan fingerprint density at radius 1 is 1.83 bits per heavy atom. The number of furan rings is 1. The molecular weight excluding hydrogens is 182 g/mol. The molecule has 0 spiro atoms. The lowest BCUT2D eigenvalue weighted by Gasteiger charge is -1.95. The fraction of sp³-hybridized carbons (Fsp3) is 0.143. The lowest BCUT2D eigenvalue weighted by atomic mass is 10.4. The smallest absolute Gasteiger partial charge is 0.376 e. The molecule has 0 bridgehead atoms. The third-order valence-electron chi connectivity index (χ3n) is 1.07. The Bertz CT molecular complexity index is 326. The molecule has 0 saturated heterocycles. The molecule has 0 aliphatic rings. The molecule has 1 rings (SSSR count). The molecule has 1 heterocycles. The van der Waals surface area contributed by atoms with Crippen molar-refractivity contribution in [3.05, 3.63) is 23.1 Å². The van der Waals surface area contributed by atoms with Gasteiger partial charge in [-0.05, 0) is 6.07 Å². The molecule has 0 amide bonds. The Balaban J connectivity index is 2.67. The minimum absolute atomic E-state index is 0.0769. The fourth-order valence-electron chi connectivity index (χ4n) is 0.603. The predicted molar refractivity (Wildman–Crippen MR) is 39.6 cm³/mol. The zero-order chi connectivity index (χ0) is 8.97. The molecule has 0 N–H and O–H groups in total. The first-order valence-corrected chi connectivity index (χ1v) is 3.40. The molecule has 0 atom stereocenters. The summed E-state index contributed by atoms with van der Waals surface area (Å²) < 4.78 is 9.15. The van der Waals surface area contributed by atoms with Gasteiger partial charge in [-0.1, -0.05) is 11.6 Å². The van der Waals surface area contributed by atoms with Gasteiger partial charge in [0, 0.05) is 0 Å². The van der Waals surface area contributed by atoms with Crippen molar-refractivity contribution in [3.63, 3.8) is 0 Å². The van der Waals surface area contributed by atoms with Crippen LogP contribution in [-0.4, -0.2) is 12.6 Å². The number of halogens is 1. The van der Waals surface area contributed by atoms with E-state index in [9.17, 15) is 4.79 Å². The van der Waals surface area contributed by atoms with Crippen LogP contribution in [0.2, 0.25) is 5.02 Å². The van der Waals surface area contributed by atoms with Crippen molar-refractivity contribution in [2.24, 2.45) is 0 Å². The van der Waals surface area contributed by atoms with Crippen molar-refractivity contribution in [1.29, 1.82) is 5.26 Å². The maximum atomic E-state index is 10.9. The Morgan fingerprint density at radius 3 is 3.08 bits per heavy atom. The van der Waals surface area contributed by atoms with E-state index in [1.54, 1.807) is 6.07 Å². The van der Waals surface area contributed by atoms with Gasteiger partial charge in [0.1, 0.15) is 6.07 Å². The second-order valence-electron chi connectivity index (χ2n) is 1.83. The summed E-state index contributed by atoms with van der Waals surface area (Å²) in [5.41, 5.74) is 0. The third kappa shape index (κ3) is 1.77. The van der Waals surface area contributed by atoms with Crippen LogP contribution in [0.15, 0.2) is 16.7 Å². The van der Waals surface area contributed by atoms with Crippen LogP contribution in [-0.2, 0) is 4.74 Å². The van der Waals surface area contributed by atoms with Crippen LogP contribution < -0.4 is 0 Å². The van der Waals surface area contributed by atoms with Crippen LogP contribution in [0, 0.1) is 11.3 Å². The summed E-state index contributed by atoms with van der Waals surface area (Å²) in [5.74, 6) is -0.807. The summed E-state index contributed by atoms with van der Waals surface area (Å²) in [5, 5.41) is 8.27. The van der Waals surface area contributed by atoms with Gasteiger partial charge in [0.2, 0.25) is 5.76 Å². The second kappa shape index (κ2) is 3.79. The van der Waals surface area contributed by atoms with Crippen LogP contribution in [0.4, 0.5) is 0 Å². The molecule has 0 aromatic carbocycles. The quantitative estimate of drug-likeness (QED) is 0.657. The number of nitrogens with zero attached hydrogens (tertiary/aromatic N) is 1. The van der Waals surface area contributed by atoms with Gasteiger partial charge in [-0.25, -0.2) is 4.79 Å². The van der Waals surface area contributed by atoms with Gasteiger partial charge in [0.05, 0.1) is 11.3 Å². The van der Waals surface area contributed by atoms with E-state index < -0.39 is 5.97 Å². The summed E-state index contributed by atoms with van der Waals surface area (Å²) in [6, 6.07) is 3.07. The standard InChI is InChI=1S/C7H4ClNO3/c8-5-1-3-11-6(5)7(10)12-4-2-9/h1,3H,4H2. The lowest BCUT2D eigenvalue weighted by Crippen LogP contribution is -2.04. The number of carbonyl (C=O) groups is 1. The average Bonchev–Trinajstić information content (AvgIpc) is 2.47. The molecule has 12 heavy (non-hydrogen) atoms. The first-order chi connectivity index (χ1) is 5.75. The maximum Gasteiger partial charge on any atom is 0.376 e. The number of hydrogen-bond acceptors (Lipinski definition) is 4. The fourth-order valence-corrected chi connectivity index (χ4v) is 0.776. The second-order valence-corrected chi connectivity index (χ2v) is 2.24. The molecule has 0 unspecified atom stereocenters. The summed E-state index contributed by atoms with van der Waals surface area (Å²) in [6.07, 6.45) is 1.27. The molecule has 0 fully saturated rings. The van der Waals surface area contributed by atoms with Gasteiger partial charge in [-0.2, -0.15) is 5.26 Å². The number of rotatable bonds is 2. The molecular formula is C7H4ClNO3. The lowest BCUT2D eigenvalue weighted by molar-refractivity contribution is 0.0519. The summed E-state index contributed by atoms with van der Waals surface area (Å²) >= 11 is 5.54. The van der Waals surface area contributed by atoms with Gasteiger partial charge in [-0.3, -0.25) is 0 Å². The van der Waals surface area contributed by atoms with Gasteiger partial charge in [0.25, 0.3) is 0 Å². The number of hydrogen-bond donors (Lipinski definition) is 0. The van der Waals surface area contributed by atoms with E-state index in [2.05, 4.69) is 4.74 Å². The monoisotopic (exact) mass is 185 g/mol. The molecule has 0 aliphatic heterocycles. The number of esters is 1. The van der Waals surface area contributed by atoms with E-state index in [1.807, 2.05) is 0 Å². The summed E-state index contributed by atoms with van der Waals surface area (Å²) in [7, 11) is 0. The van der Waals surface area contributed by atoms with Crippen LogP contribution in [0.3, 0.4) is 0 Å². The van der Waals surface area contributed by atoms with Crippen molar-refractivity contribution in [2.45, 2.75) is 0 Å². The topological polar surface area (TPSA) is 63.2 Å². The third-order valence-corrected chi connectivity index (χ3v) is 1.37. The van der Waals surface area contributed by atoms with E-state index in [4.69, 9.17) is 21.3 Å². The Kier molecular flexibility index (Phi) is 2.72. The zero-order valence-corrected chi connectivity index (χ0v) is 6.67. The highest BCUT2D eigenvalue weighted by molar-refractivity contribution is 6.33. The Labute approximate surface area is 73.3 Å². The molecule has 0 aliphatic carbocycles. The molecule has 4 nitrogen and oxygen atoms in total. The van der Waals surface area contributed by atoms with Crippen molar-refractivity contribution in [2.75, 3.05) is 6.61 Å². The van der Waals surface area contributed by atoms with Crippen LogP contribution in [0.5, 0.6) is 0 Å². The predicted octanol–water partition coefficient (Wildman–Crippen LogP) is 1.61. The van der Waals surface area contributed by atoms with Crippen LogP contribution >= 0.6 is 11.6 Å². The van der Waals surface area contributed by atoms with E-state index in [1.165, 1.54) is 12.3 Å². The van der Waals surface area contributed by atoms with E-state index in [0.717, 1.165) is 0 Å². The average molecular weight is 186 g/mol. The van der Waals surface area contributed by atoms with E-state index in [-0.39, 0.29) is 17.4 Å². The van der Waals surface area contributed by atoms with Gasteiger partial charge in [0.15, 0.2) is 6.61 Å². The Morgan fingerprint density at radius 2 is 2.58 bits per heavy atom. The van der Waals surface area contributed by atoms with Gasteiger partial charge >= 0.3 is 5.97 Å². The highest BCUT2D eigenvalue weighted by atomic mass is 35.5. The minimum Gasteiger partial charge on any atom is -0.456 e. The SMILES string of the molecule is N#CCOC(=O)c1occc1Cl. The molecule has 0 radical (unpaired) electrons. The summed E-state index contributed by atoms with van der Waals surface area (Å²) in [6.45, 7) is -0.310. The molecule has 1 aromatic rings. The minimum atomic E-state index is -0.730. The summed E-state index contributed by atoms with van der Waals surface area (Å²) in [4.78, 5) is 10.9. The van der Waals surface area contributed by atoms with E-state index >= 15 is 0 Å². The van der Waals surface area contributed by atoms with Gasteiger partial charge < -0.3 is 9.15 Å². The molecule has 1 aromatic heterocycles. The van der Waals surface area contributed by atoms with Crippen molar-refractivity contribution >= 4 is 17.6 Å². The largest absolute Gasteiger partial charge is 0.456 e. The number of nitriles is 1.